The lowest BCUT2D eigenvalue weighted by atomic mass is 9.73. The number of hydrogen-bond acceptors (Lipinski definition) is 4. The van der Waals surface area contributed by atoms with E-state index in [0.29, 0.717) is 0 Å². The maximum absolute atomic E-state index is 11.6. The van der Waals surface area contributed by atoms with Crippen molar-refractivity contribution < 1.29 is 4.79 Å². The molecular weight excluding hydrogens is 304 g/mol. The van der Waals surface area contributed by atoms with Crippen LogP contribution in [0, 0.1) is 0 Å². The zero-order chi connectivity index (χ0) is 16.7. The number of aldehydes is 1. The molecule has 4 heteroatoms. The normalized spacial score (nSPS) is 17.2. The van der Waals surface area contributed by atoms with Gasteiger partial charge in [0.25, 0.3) is 0 Å². The lowest BCUT2D eigenvalue weighted by Crippen LogP contribution is -2.28. The van der Waals surface area contributed by atoms with Gasteiger partial charge in [0.2, 0.25) is 0 Å². The van der Waals surface area contributed by atoms with Crippen LogP contribution in [0.5, 0.6) is 0 Å². The number of thiazole rings is 1. The topological polar surface area (TPSA) is 33.2 Å². The lowest BCUT2D eigenvalue weighted by molar-refractivity contribution is 0.112. The van der Waals surface area contributed by atoms with Crippen molar-refractivity contribution in [2.24, 2.45) is 0 Å². The van der Waals surface area contributed by atoms with Crippen LogP contribution in [0.15, 0.2) is 0 Å². The quantitative estimate of drug-likeness (QED) is 0.552. The molecule has 0 unspecified atom stereocenters. The molecular formula is C19H32N2OS. The molecule has 0 bridgehead atoms. The van der Waals surface area contributed by atoms with Gasteiger partial charge in [-0.2, -0.15) is 0 Å². The fourth-order valence-corrected chi connectivity index (χ4v) is 4.62. The summed E-state index contributed by atoms with van der Waals surface area (Å²) in [5.41, 5.74) is 1.18. The second-order valence-electron chi connectivity index (χ2n) is 7.14. The molecule has 2 rings (SSSR count). The molecule has 1 saturated carbocycles. The van der Waals surface area contributed by atoms with E-state index in [1.54, 1.807) is 11.3 Å². The second kappa shape index (κ2) is 8.81. The van der Waals surface area contributed by atoms with E-state index in [2.05, 4.69) is 25.7 Å². The van der Waals surface area contributed by atoms with Gasteiger partial charge in [-0.1, -0.05) is 64.2 Å². The van der Waals surface area contributed by atoms with Gasteiger partial charge in [0, 0.05) is 18.5 Å². The molecule has 130 valence electrons. The first-order chi connectivity index (χ1) is 11.1. The van der Waals surface area contributed by atoms with Crippen molar-refractivity contribution in [3.63, 3.8) is 0 Å². The molecule has 0 amide bonds. The highest BCUT2D eigenvalue weighted by atomic mass is 32.1. The minimum Gasteiger partial charge on any atom is -0.348 e. The SMILES string of the molecule is CCCCN(CCCC)c1nc(C2(C)CCCCC2)c(C=O)s1. The summed E-state index contributed by atoms with van der Waals surface area (Å²) in [5, 5.41) is 1.07. The van der Waals surface area contributed by atoms with Crippen molar-refractivity contribution in [2.75, 3.05) is 18.0 Å². The fraction of sp³-hybridized carbons (Fsp3) is 0.789. The first-order valence-electron chi connectivity index (χ1n) is 9.36. The van der Waals surface area contributed by atoms with Crippen LogP contribution in [0.1, 0.15) is 93.9 Å². The Morgan fingerprint density at radius 2 is 1.74 bits per heavy atom. The Morgan fingerprint density at radius 1 is 1.13 bits per heavy atom. The Labute approximate surface area is 145 Å². The number of rotatable bonds is 9. The van der Waals surface area contributed by atoms with Crippen molar-refractivity contribution in [1.29, 1.82) is 0 Å². The number of anilines is 1. The minimum absolute atomic E-state index is 0.102. The Morgan fingerprint density at radius 3 is 2.26 bits per heavy atom. The van der Waals surface area contributed by atoms with Crippen molar-refractivity contribution in [3.8, 4) is 0 Å². The highest BCUT2D eigenvalue weighted by Crippen LogP contribution is 2.42. The predicted molar refractivity (Wildman–Crippen MR) is 100.0 cm³/mol. The van der Waals surface area contributed by atoms with Gasteiger partial charge in [-0.3, -0.25) is 4.79 Å². The van der Waals surface area contributed by atoms with Crippen LogP contribution in [0.4, 0.5) is 5.13 Å². The molecule has 0 N–H and O–H groups in total. The van der Waals surface area contributed by atoms with Gasteiger partial charge < -0.3 is 4.90 Å². The summed E-state index contributed by atoms with van der Waals surface area (Å²) >= 11 is 1.61. The van der Waals surface area contributed by atoms with Crippen LogP contribution >= 0.6 is 11.3 Å². The van der Waals surface area contributed by atoms with E-state index in [9.17, 15) is 4.79 Å². The van der Waals surface area contributed by atoms with E-state index in [-0.39, 0.29) is 5.41 Å². The summed E-state index contributed by atoms with van der Waals surface area (Å²) in [7, 11) is 0. The Hall–Kier alpha value is -0.900. The van der Waals surface area contributed by atoms with Crippen LogP contribution in [0.2, 0.25) is 0 Å². The summed E-state index contributed by atoms with van der Waals surface area (Å²) in [6, 6.07) is 0. The Balaban J connectivity index is 2.25. The molecule has 0 aromatic carbocycles. The van der Waals surface area contributed by atoms with Crippen molar-refractivity contribution in [1.82, 2.24) is 4.98 Å². The average molecular weight is 337 g/mol. The zero-order valence-corrected chi connectivity index (χ0v) is 15.9. The first-order valence-corrected chi connectivity index (χ1v) is 10.2. The van der Waals surface area contributed by atoms with Gasteiger partial charge in [-0.25, -0.2) is 4.98 Å². The third-order valence-electron chi connectivity index (χ3n) is 5.11. The van der Waals surface area contributed by atoms with Crippen LogP contribution in [-0.4, -0.2) is 24.4 Å². The summed E-state index contributed by atoms with van der Waals surface area (Å²) in [5.74, 6) is 0. The summed E-state index contributed by atoms with van der Waals surface area (Å²) in [6.07, 6.45) is 12.0. The van der Waals surface area contributed by atoms with Crippen molar-refractivity contribution in [2.45, 2.75) is 84.0 Å². The van der Waals surface area contributed by atoms with Crippen LogP contribution < -0.4 is 4.90 Å². The number of nitrogens with zero attached hydrogens (tertiary/aromatic N) is 2. The summed E-state index contributed by atoms with van der Waals surface area (Å²) < 4.78 is 0. The smallest absolute Gasteiger partial charge is 0.186 e. The van der Waals surface area contributed by atoms with Crippen molar-refractivity contribution in [3.05, 3.63) is 10.6 Å². The molecule has 1 aromatic rings. The molecule has 0 radical (unpaired) electrons. The summed E-state index contributed by atoms with van der Waals surface area (Å²) in [4.78, 5) is 19.9. The standard InChI is InChI=1S/C19H32N2OS/c1-4-6-13-21(14-7-5-2)18-20-17(16(15-22)23-18)19(3)11-9-8-10-12-19/h15H,4-14H2,1-3H3. The molecule has 23 heavy (non-hydrogen) atoms. The highest BCUT2D eigenvalue weighted by Gasteiger charge is 2.34. The number of carbonyl (C=O) groups excluding carboxylic acids is 1. The van der Waals surface area contributed by atoms with E-state index in [0.717, 1.165) is 35.1 Å². The third kappa shape index (κ3) is 4.56. The monoisotopic (exact) mass is 336 g/mol. The van der Waals surface area contributed by atoms with E-state index >= 15 is 0 Å². The predicted octanol–water partition coefficient (Wildman–Crippen LogP) is 5.58. The molecule has 1 fully saturated rings. The molecule has 0 saturated heterocycles. The molecule has 0 spiro atoms. The van der Waals surface area contributed by atoms with Gasteiger partial charge in [-0.05, 0) is 25.7 Å². The first kappa shape index (κ1) is 18.4. The van der Waals surface area contributed by atoms with E-state index in [4.69, 9.17) is 4.98 Å². The average Bonchev–Trinajstić information content (AvgIpc) is 3.01. The van der Waals surface area contributed by atoms with Crippen LogP contribution in [-0.2, 0) is 5.41 Å². The lowest BCUT2D eigenvalue weighted by Gasteiger charge is -2.32. The minimum atomic E-state index is 0.102. The number of aromatic nitrogens is 1. The molecule has 1 aliphatic carbocycles. The molecule has 1 heterocycles. The fourth-order valence-electron chi connectivity index (χ4n) is 3.54. The van der Waals surface area contributed by atoms with Gasteiger partial charge in [0.1, 0.15) is 0 Å². The van der Waals surface area contributed by atoms with Gasteiger partial charge in [0.05, 0.1) is 10.6 Å². The van der Waals surface area contributed by atoms with E-state index < -0.39 is 0 Å². The van der Waals surface area contributed by atoms with Gasteiger partial charge >= 0.3 is 0 Å². The Kier molecular flexibility index (Phi) is 7.07. The van der Waals surface area contributed by atoms with Gasteiger partial charge in [0.15, 0.2) is 11.4 Å². The maximum Gasteiger partial charge on any atom is 0.186 e. The molecule has 3 nitrogen and oxygen atoms in total. The van der Waals surface area contributed by atoms with E-state index in [1.807, 2.05) is 0 Å². The van der Waals surface area contributed by atoms with Gasteiger partial charge in [-0.15, -0.1) is 0 Å². The molecule has 1 aliphatic rings. The van der Waals surface area contributed by atoms with Crippen LogP contribution in [0.3, 0.4) is 0 Å². The van der Waals surface area contributed by atoms with Crippen molar-refractivity contribution >= 4 is 22.8 Å². The molecule has 1 aromatic heterocycles. The largest absolute Gasteiger partial charge is 0.348 e. The highest BCUT2D eigenvalue weighted by molar-refractivity contribution is 7.17. The molecule has 0 atom stereocenters. The molecule has 0 aliphatic heterocycles. The zero-order valence-electron chi connectivity index (χ0n) is 15.1. The number of unbranched alkanes of at least 4 members (excludes halogenated alkanes) is 2. The number of carbonyl (C=O) groups is 1. The van der Waals surface area contributed by atoms with Crippen LogP contribution in [0.25, 0.3) is 0 Å². The van der Waals surface area contributed by atoms with E-state index in [1.165, 1.54) is 57.8 Å². The third-order valence-corrected chi connectivity index (χ3v) is 6.15. The maximum atomic E-state index is 11.6. The summed E-state index contributed by atoms with van der Waals surface area (Å²) in [6.45, 7) is 8.87. The number of hydrogen-bond donors (Lipinski definition) is 0. The Bertz CT molecular complexity index is 484. The second-order valence-corrected chi connectivity index (χ2v) is 8.15.